The molecule has 0 bridgehead atoms. The van der Waals surface area contributed by atoms with Crippen LogP contribution in [0, 0.1) is 5.82 Å². The maximum absolute atomic E-state index is 13.9. The highest BCUT2D eigenvalue weighted by Gasteiger charge is 2.30. The first-order valence-corrected chi connectivity index (χ1v) is 7.11. The van der Waals surface area contributed by atoms with Crippen molar-refractivity contribution in [3.8, 4) is 0 Å². The standard InChI is InChI=1S/C15H19FN2O2/c16-14-8-11(15(19)20)3-4-12(14)9-17-6-7-18-5-1-2-13(18)10-17/h3-4,8,13H,1-2,5-7,9-10H2,(H,19,20). The lowest BCUT2D eigenvalue weighted by Gasteiger charge is -2.37. The molecule has 1 atom stereocenters. The summed E-state index contributed by atoms with van der Waals surface area (Å²) in [6.07, 6.45) is 2.50. The molecule has 108 valence electrons. The number of carboxylic acids is 1. The van der Waals surface area contributed by atoms with Crippen LogP contribution in [0.15, 0.2) is 18.2 Å². The van der Waals surface area contributed by atoms with E-state index in [4.69, 9.17) is 5.11 Å². The van der Waals surface area contributed by atoms with Gasteiger partial charge in [-0.2, -0.15) is 0 Å². The van der Waals surface area contributed by atoms with E-state index in [1.807, 2.05) is 0 Å². The van der Waals surface area contributed by atoms with E-state index >= 15 is 0 Å². The molecular formula is C15H19FN2O2. The molecule has 2 aliphatic heterocycles. The predicted octanol–water partition coefficient (Wildman–Crippen LogP) is 1.80. The van der Waals surface area contributed by atoms with Gasteiger partial charge in [0.05, 0.1) is 5.56 Å². The van der Waals surface area contributed by atoms with Gasteiger partial charge in [-0.05, 0) is 31.5 Å². The zero-order chi connectivity index (χ0) is 14.1. The van der Waals surface area contributed by atoms with Gasteiger partial charge in [-0.3, -0.25) is 9.80 Å². The number of rotatable bonds is 3. The summed E-state index contributed by atoms with van der Waals surface area (Å²) in [4.78, 5) is 15.6. The number of aromatic carboxylic acids is 1. The Bertz CT molecular complexity index is 521. The molecule has 2 heterocycles. The van der Waals surface area contributed by atoms with Crippen LogP contribution < -0.4 is 0 Å². The lowest BCUT2D eigenvalue weighted by atomic mass is 10.1. The third kappa shape index (κ3) is 2.69. The summed E-state index contributed by atoms with van der Waals surface area (Å²) in [6, 6.07) is 4.81. The molecule has 2 saturated heterocycles. The SMILES string of the molecule is O=C(O)c1ccc(CN2CCN3CCCC3C2)c(F)c1. The molecule has 20 heavy (non-hydrogen) atoms. The number of halogens is 1. The van der Waals surface area contributed by atoms with E-state index in [0.29, 0.717) is 18.2 Å². The second kappa shape index (κ2) is 5.50. The summed E-state index contributed by atoms with van der Waals surface area (Å²) in [6.45, 7) is 4.76. The van der Waals surface area contributed by atoms with E-state index in [-0.39, 0.29) is 5.56 Å². The first-order valence-electron chi connectivity index (χ1n) is 7.11. The van der Waals surface area contributed by atoms with Gasteiger partial charge in [0.2, 0.25) is 0 Å². The van der Waals surface area contributed by atoms with Gasteiger partial charge in [-0.25, -0.2) is 9.18 Å². The predicted molar refractivity (Wildman–Crippen MR) is 73.2 cm³/mol. The van der Waals surface area contributed by atoms with Crippen molar-refractivity contribution in [1.82, 2.24) is 9.80 Å². The quantitative estimate of drug-likeness (QED) is 0.915. The van der Waals surface area contributed by atoms with Crippen molar-refractivity contribution < 1.29 is 14.3 Å². The molecule has 0 aliphatic carbocycles. The van der Waals surface area contributed by atoms with Crippen LogP contribution in [0.5, 0.6) is 0 Å². The Morgan fingerprint density at radius 1 is 1.35 bits per heavy atom. The molecule has 2 aliphatic rings. The van der Waals surface area contributed by atoms with Crippen molar-refractivity contribution in [3.05, 3.63) is 35.1 Å². The molecule has 0 radical (unpaired) electrons. The molecular weight excluding hydrogens is 259 g/mol. The fourth-order valence-electron chi connectivity index (χ4n) is 3.25. The summed E-state index contributed by atoms with van der Waals surface area (Å²) < 4.78 is 13.9. The smallest absolute Gasteiger partial charge is 0.335 e. The van der Waals surface area contributed by atoms with Crippen LogP contribution >= 0.6 is 0 Å². The minimum Gasteiger partial charge on any atom is -0.478 e. The molecule has 2 fully saturated rings. The van der Waals surface area contributed by atoms with Crippen LogP contribution in [0.4, 0.5) is 4.39 Å². The van der Waals surface area contributed by atoms with E-state index in [9.17, 15) is 9.18 Å². The lowest BCUT2D eigenvalue weighted by molar-refractivity contribution is 0.0696. The number of hydrogen-bond acceptors (Lipinski definition) is 3. The minimum absolute atomic E-state index is 0.00635. The molecule has 1 aromatic rings. The van der Waals surface area contributed by atoms with Gasteiger partial charge in [-0.15, -0.1) is 0 Å². The molecule has 0 saturated carbocycles. The number of fused-ring (bicyclic) bond motifs is 1. The Balaban J connectivity index is 1.67. The van der Waals surface area contributed by atoms with Crippen LogP contribution in [0.3, 0.4) is 0 Å². The van der Waals surface area contributed by atoms with Crippen molar-refractivity contribution in [3.63, 3.8) is 0 Å². The highest BCUT2D eigenvalue weighted by atomic mass is 19.1. The number of nitrogens with zero attached hydrogens (tertiary/aromatic N) is 2. The molecule has 0 amide bonds. The van der Waals surface area contributed by atoms with Crippen molar-refractivity contribution in [2.75, 3.05) is 26.2 Å². The normalized spacial score (nSPS) is 23.8. The van der Waals surface area contributed by atoms with Gasteiger partial charge in [-0.1, -0.05) is 6.07 Å². The fourth-order valence-corrected chi connectivity index (χ4v) is 3.25. The zero-order valence-corrected chi connectivity index (χ0v) is 11.4. The number of piperazine rings is 1. The monoisotopic (exact) mass is 278 g/mol. The summed E-state index contributed by atoms with van der Waals surface area (Å²) in [5.74, 6) is -1.51. The van der Waals surface area contributed by atoms with E-state index in [1.54, 1.807) is 6.07 Å². The minimum atomic E-state index is -1.09. The first kappa shape index (κ1) is 13.5. The number of carboxylic acid groups (broad SMARTS) is 1. The van der Waals surface area contributed by atoms with E-state index in [2.05, 4.69) is 9.80 Å². The van der Waals surface area contributed by atoms with Crippen molar-refractivity contribution in [2.45, 2.75) is 25.4 Å². The molecule has 5 heteroatoms. The maximum Gasteiger partial charge on any atom is 0.335 e. The summed E-state index contributed by atoms with van der Waals surface area (Å²) in [5.41, 5.74) is 0.591. The molecule has 3 rings (SSSR count). The van der Waals surface area contributed by atoms with Crippen LogP contribution in [-0.4, -0.2) is 53.1 Å². The Hall–Kier alpha value is -1.46. The summed E-state index contributed by atoms with van der Waals surface area (Å²) in [5, 5.41) is 8.84. The number of benzene rings is 1. The molecule has 1 N–H and O–H groups in total. The van der Waals surface area contributed by atoms with Gasteiger partial charge in [0.1, 0.15) is 5.82 Å². The van der Waals surface area contributed by atoms with E-state index < -0.39 is 11.8 Å². The third-order valence-corrected chi connectivity index (χ3v) is 4.37. The maximum atomic E-state index is 13.9. The molecule has 1 aromatic carbocycles. The van der Waals surface area contributed by atoms with Crippen molar-refractivity contribution in [1.29, 1.82) is 0 Å². The summed E-state index contributed by atoms with van der Waals surface area (Å²) >= 11 is 0. The van der Waals surface area contributed by atoms with Crippen molar-refractivity contribution >= 4 is 5.97 Å². The van der Waals surface area contributed by atoms with Gasteiger partial charge >= 0.3 is 5.97 Å². The molecule has 1 unspecified atom stereocenters. The Morgan fingerprint density at radius 2 is 2.20 bits per heavy atom. The van der Waals surface area contributed by atoms with Gasteiger partial charge in [0, 0.05) is 37.8 Å². The Morgan fingerprint density at radius 3 is 2.95 bits per heavy atom. The summed E-state index contributed by atoms with van der Waals surface area (Å²) in [7, 11) is 0. The van der Waals surface area contributed by atoms with Crippen LogP contribution in [0.2, 0.25) is 0 Å². The van der Waals surface area contributed by atoms with E-state index in [1.165, 1.54) is 25.5 Å². The molecule has 0 spiro atoms. The highest BCUT2D eigenvalue weighted by molar-refractivity contribution is 5.87. The topological polar surface area (TPSA) is 43.8 Å². The van der Waals surface area contributed by atoms with Gasteiger partial charge in [0.15, 0.2) is 0 Å². The second-order valence-electron chi connectivity index (χ2n) is 5.68. The van der Waals surface area contributed by atoms with Gasteiger partial charge in [0.25, 0.3) is 0 Å². The largest absolute Gasteiger partial charge is 0.478 e. The zero-order valence-electron chi connectivity index (χ0n) is 11.4. The van der Waals surface area contributed by atoms with Crippen molar-refractivity contribution in [2.24, 2.45) is 0 Å². The number of carbonyl (C=O) groups is 1. The second-order valence-corrected chi connectivity index (χ2v) is 5.68. The fraction of sp³-hybridized carbons (Fsp3) is 0.533. The molecule has 0 aromatic heterocycles. The lowest BCUT2D eigenvalue weighted by Crippen LogP contribution is -2.49. The van der Waals surface area contributed by atoms with Crippen LogP contribution in [0.25, 0.3) is 0 Å². The Labute approximate surface area is 117 Å². The average molecular weight is 278 g/mol. The Kier molecular flexibility index (Phi) is 3.72. The third-order valence-electron chi connectivity index (χ3n) is 4.37. The first-order chi connectivity index (χ1) is 9.63. The van der Waals surface area contributed by atoms with E-state index in [0.717, 1.165) is 25.7 Å². The van der Waals surface area contributed by atoms with Crippen LogP contribution in [-0.2, 0) is 6.54 Å². The molecule has 4 nitrogen and oxygen atoms in total. The van der Waals surface area contributed by atoms with Crippen LogP contribution in [0.1, 0.15) is 28.8 Å². The average Bonchev–Trinajstić information content (AvgIpc) is 2.88. The van der Waals surface area contributed by atoms with Gasteiger partial charge < -0.3 is 5.11 Å². The highest BCUT2D eigenvalue weighted by Crippen LogP contribution is 2.23. The number of hydrogen-bond donors (Lipinski definition) is 1.